The van der Waals surface area contributed by atoms with Crippen molar-refractivity contribution in [1.82, 2.24) is 30.0 Å². The van der Waals surface area contributed by atoms with E-state index in [-0.39, 0.29) is 11.2 Å². The summed E-state index contributed by atoms with van der Waals surface area (Å²) in [7, 11) is 1.86. The number of anilines is 1. The van der Waals surface area contributed by atoms with Gasteiger partial charge >= 0.3 is 0 Å². The number of tetrazole rings is 1. The van der Waals surface area contributed by atoms with E-state index in [2.05, 4.69) is 32.9 Å². The molecule has 2 aromatic heterocycles. The van der Waals surface area contributed by atoms with Crippen molar-refractivity contribution in [2.45, 2.75) is 45.0 Å². The van der Waals surface area contributed by atoms with Crippen LogP contribution >= 0.6 is 11.8 Å². The van der Waals surface area contributed by atoms with Gasteiger partial charge in [0.25, 0.3) is 0 Å². The Morgan fingerprint density at radius 2 is 1.93 bits per heavy atom. The van der Waals surface area contributed by atoms with Gasteiger partial charge in [-0.3, -0.25) is 9.48 Å². The molecule has 0 aliphatic heterocycles. The van der Waals surface area contributed by atoms with Gasteiger partial charge in [0, 0.05) is 7.05 Å². The van der Waals surface area contributed by atoms with Crippen LogP contribution in [-0.4, -0.2) is 41.1 Å². The molecule has 3 rings (SSSR count). The Bertz CT molecular complexity index is 992. The molecule has 8 nitrogen and oxygen atoms in total. The fourth-order valence-corrected chi connectivity index (χ4v) is 3.47. The van der Waals surface area contributed by atoms with Crippen molar-refractivity contribution in [1.29, 1.82) is 0 Å². The van der Waals surface area contributed by atoms with Gasteiger partial charge < -0.3 is 5.32 Å². The summed E-state index contributed by atoms with van der Waals surface area (Å²) in [5.74, 6) is -0.117. The number of thioether (sulfide) groups is 1. The average Bonchev–Trinajstić information content (AvgIpc) is 3.17. The Morgan fingerprint density at radius 3 is 2.56 bits per heavy atom. The zero-order chi connectivity index (χ0) is 19.7. The Morgan fingerprint density at radius 1 is 1.19 bits per heavy atom. The topological polar surface area (TPSA) is 90.5 Å². The van der Waals surface area contributed by atoms with Gasteiger partial charge in [-0.2, -0.15) is 9.78 Å². The lowest BCUT2D eigenvalue weighted by Gasteiger charge is -2.12. The number of amides is 1. The normalized spacial score (nSPS) is 12.2. The first-order chi connectivity index (χ1) is 12.8. The molecule has 27 heavy (non-hydrogen) atoms. The Hall–Kier alpha value is -2.68. The summed E-state index contributed by atoms with van der Waals surface area (Å²) >= 11 is 1.32. The number of nitrogens with zero attached hydrogens (tertiary/aromatic N) is 6. The number of benzene rings is 1. The summed E-state index contributed by atoms with van der Waals surface area (Å²) < 4.78 is 3.41. The van der Waals surface area contributed by atoms with E-state index in [1.165, 1.54) is 17.3 Å². The third-order valence-corrected chi connectivity index (χ3v) is 5.62. The van der Waals surface area contributed by atoms with Crippen molar-refractivity contribution in [2.75, 3.05) is 5.32 Å². The highest BCUT2D eigenvalue weighted by Crippen LogP contribution is 2.26. The summed E-state index contributed by atoms with van der Waals surface area (Å²) in [6.07, 6.45) is 0. The first-order valence-corrected chi connectivity index (χ1v) is 9.49. The van der Waals surface area contributed by atoms with Crippen LogP contribution in [0.2, 0.25) is 0 Å². The van der Waals surface area contributed by atoms with Crippen molar-refractivity contribution >= 4 is 23.4 Å². The molecule has 1 unspecified atom stereocenters. The minimum atomic E-state index is -0.375. The van der Waals surface area contributed by atoms with Crippen molar-refractivity contribution in [3.05, 3.63) is 40.7 Å². The van der Waals surface area contributed by atoms with E-state index in [4.69, 9.17) is 0 Å². The molecule has 0 fully saturated rings. The number of aromatic nitrogens is 6. The minimum Gasteiger partial charge on any atom is -0.322 e. The van der Waals surface area contributed by atoms with E-state index in [1.807, 2.05) is 52.9 Å². The van der Waals surface area contributed by atoms with Gasteiger partial charge in [-0.05, 0) is 68.3 Å². The Kier molecular flexibility index (Phi) is 5.31. The van der Waals surface area contributed by atoms with Crippen LogP contribution in [0.25, 0.3) is 5.69 Å². The Balaban J connectivity index is 1.76. The summed E-state index contributed by atoms with van der Waals surface area (Å²) in [6.45, 7) is 9.74. The van der Waals surface area contributed by atoms with E-state index in [9.17, 15) is 4.79 Å². The van der Waals surface area contributed by atoms with Crippen molar-refractivity contribution in [2.24, 2.45) is 7.05 Å². The van der Waals surface area contributed by atoms with Crippen LogP contribution in [0.4, 0.5) is 5.69 Å². The summed E-state index contributed by atoms with van der Waals surface area (Å²) in [5.41, 5.74) is 5.70. The van der Waals surface area contributed by atoms with E-state index in [0.717, 1.165) is 28.3 Å². The maximum Gasteiger partial charge on any atom is 0.237 e. The molecule has 0 radical (unpaired) electrons. The van der Waals surface area contributed by atoms with Gasteiger partial charge in [0.1, 0.15) is 0 Å². The van der Waals surface area contributed by atoms with Crippen LogP contribution < -0.4 is 5.32 Å². The molecule has 0 bridgehead atoms. The van der Waals surface area contributed by atoms with Gasteiger partial charge in [-0.15, -0.1) is 5.10 Å². The van der Waals surface area contributed by atoms with E-state index in [1.54, 1.807) is 9.36 Å². The van der Waals surface area contributed by atoms with Gasteiger partial charge in [-0.25, -0.2) is 0 Å². The molecular weight excluding hydrogens is 362 g/mol. The second kappa shape index (κ2) is 7.51. The minimum absolute atomic E-state index is 0.117. The van der Waals surface area contributed by atoms with Crippen LogP contribution in [-0.2, 0) is 11.8 Å². The van der Waals surface area contributed by atoms with Crippen molar-refractivity contribution in [3.8, 4) is 5.69 Å². The molecule has 0 spiro atoms. The summed E-state index contributed by atoms with van der Waals surface area (Å²) in [4.78, 5) is 12.7. The van der Waals surface area contributed by atoms with Gasteiger partial charge in [0.05, 0.1) is 28.0 Å². The molecule has 1 amide bonds. The van der Waals surface area contributed by atoms with Crippen LogP contribution in [0.15, 0.2) is 23.4 Å². The molecule has 9 heteroatoms. The largest absolute Gasteiger partial charge is 0.322 e. The van der Waals surface area contributed by atoms with Crippen LogP contribution in [0, 0.1) is 27.7 Å². The summed E-state index contributed by atoms with van der Waals surface area (Å²) in [6, 6.07) is 6.03. The number of rotatable bonds is 5. The quantitative estimate of drug-likeness (QED) is 0.679. The van der Waals surface area contributed by atoms with E-state index < -0.39 is 0 Å². The molecule has 0 aliphatic rings. The summed E-state index contributed by atoms with van der Waals surface area (Å²) in [5, 5.41) is 19.4. The number of carbonyl (C=O) groups excluding carboxylic acids is 1. The van der Waals surface area contributed by atoms with Gasteiger partial charge in [0.15, 0.2) is 0 Å². The van der Waals surface area contributed by atoms with Gasteiger partial charge in [-0.1, -0.05) is 17.8 Å². The number of hydrogen-bond acceptors (Lipinski definition) is 6. The lowest BCUT2D eigenvalue weighted by molar-refractivity contribution is -0.115. The number of hydrogen-bond donors (Lipinski definition) is 1. The fraction of sp³-hybridized carbons (Fsp3) is 0.389. The maximum absolute atomic E-state index is 12.7. The molecule has 1 atom stereocenters. The predicted molar refractivity (Wildman–Crippen MR) is 105 cm³/mol. The van der Waals surface area contributed by atoms with Gasteiger partial charge in [0.2, 0.25) is 11.1 Å². The first kappa shape index (κ1) is 19.1. The lowest BCUT2D eigenvalue weighted by atomic mass is 10.1. The zero-order valence-corrected chi connectivity index (χ0v) is 17.1. The lowest BCUT2D eigenvalue weighted by Crippen LogP contribution is -2.23. The molecule has 1 N–H and O–H groups in total. The third kappa shape index (κ3) is 3.87. The molecule has 0 aliphatic carbocycles. The van der Waals surface area contributed by atoms with Crippen LogP contribution in [0.3, 0.4) is 0 Å². The van der Waals surface area contributed by atoms with Crippen LogP contribution in [0.5, 0.6) is 0 Å². The highest BCUT2D eigenvalue weighted by molar-refractivity contribution is 8.00. The number of nitrogens with one attached hydrogen (secondary N) is 1. The van der Waals surface area contributed by atoms with E-state index in [0.29, 0.717) is 5.16 Å². The standard InChI is InChI=1S/C18H23N7OS/c1-10-7-8-15(9-11(10)2)25-18(20-22-23-25)27-14(5)17(26)19-16-12(3)21-24(6)13(16)4/h7-9,14H,1-6H3,(H,19,26). The second-order valence-electron chi connectivity index (χ2n) is 6.56. The molecular formula is C18H23N7OS. The number of carbonyl (C=O) groups is 1. The average molecular weight is 385 g/mol. The molecule has 142 valence electrons. The van der Waals surface area contributed by atoms with Crippen molar-refractivity contribution in [3.63, 3.8) is 0 Å². The SMILES string of the molecule is Cc1ccc(-n2nnnc2SC(C)C(=O)Nc2c(C)nn(C)c2C)cc1C. The number of aryl methyl sites for hydroxylation is 4. The van der Waals surface area contributed by atoms with Crippen molar-refractivity contribution < 1.29 is 4.79 Å². The first-order valence-electron chi connectivity index (χ1n) is 8.61. The maximum atomic E-state index is 12.7. The zero-order valence-electron chi connectivity index (χ0n) is 16.3. The monoisotopic (exact) mass is 385 g/mol. The molecule has 2 heterocycles. The highest BCUT2D eigenvalue weighted by Gasteiger charge is 2.21. The molecule has 3 aromatic rings. The van der Waals surface area contributed by atoms with Crippen LogP contribution in [0.1, 0.15) is 29.4 Å². The molecule has 1 aromatic carbocycles. The molecule has 0 saturated carbocycles. The highest BCUT2D eigenvalue weighted by atomic mass is 32.2. The third-order valence-electron chi connectivity index (χ3n) is 4.58. The second-order valence-corrected chi connectivity index (χ2v) is 7.87. The Labute approximate surface area is 162 Å². The fourth-order valence-electron chi connectivity index (χ4n) is 2.66. The van der Waals surface area contributed by atoms with E-state index >= 15 is 0 Å². The molecule has 0 saturated heterocycles. The smallest absolute Gasteiger partial charge is 0.237 e. The predicted octanol–water partition coefficient (Wildman–Crippen LogP) is 2.75.